The maximum Gasteiger partial charge on any atom is 0.257 e. The number of amides is 1. The minimum atomic E-state index is -0.206. The van der Waals surface area contributed by atoms with E-state index in [1.807, 2.05) is 0 Å². The number of carbonyl (C=O) groups is 1. The minimum absolute atomic E-state index is 0.206. The SMILES string of the molecule is COc1ccc(NC(=O)c2ccc3nncn3c2)cc1Br. The summed E-state index contributed by atoms with van der Waals surface area (Å²) in [4.78, 5) is 12.2. The Bertz CT molecular complexity index is 816. The van der Waals surface area contributed by atoms with Crippen LogP contribution in [0.25, 0.3) is 5.65 Å². The monoisotopic (exact) mass is 346 g/mol. The Labute approximate surface area is 128 Å². The predicted molar refractivity (Wildman–Crippen MR) is 81.6 cm³/mol. The van der Waals surface area contributed by atoms with Gasteiger partial charge in [0, 0.05) is 11.9 Å². The van der Waals surface area contributed by atoms with Gasteiger partial charge in [-0.1, -0.05) is 0 Å². The number of nitrogens with zero attached hydrogens (tertiary/aromatic N) is 3. The number of rotatable bonds is 3. The molecule has 0 aliphatic rings. The molecule has 1 N–H and O–H groups in total. The number of hydrogen-bond donors (Lipinski definition) is 1. The zero-order valence-electron chi connectivity index (χ0n) is 11.1. The fourth-order valence-electron chi connectivity index (χ4n) is 1.91. The number of benzene rings is 1. The molecular formula is C14H11BrN4O2. The largest absolute Gasteiger partial charge is 0.496 e. The number of methoxy groups -OCH3 is 1. The molecular weight excluding hydrogens is 336 g/mol. The van der Waals surface area contributed by atoms with Gasteiger partial charge in [0.2, 0.25) is 0 Å². The van der Waals surface area contributed by atoms with Gasteiger partial charge in [0.1, 0.15) is 12.1 Å². The summed E-state index contributed by atoms with van der Waals surface area (Å²) in [6.07, 6.45) is 3.24. The second kappa shape index (κ2) is 5.53. The maximum atomic E-state index is 12.2. The van der Waals surface area contributed by atoms with Gasteiger partial charge in [0.05, 0.1) is 17.1 Å². The lowest BCUT2D eigenvalue weighted by Gasteiger charge is -2.08. The van der Waals surface area contributed by atoms with Crippen LogP contribution in [0.3, 0.4) is 0 Å². The van der Waals surface area contributed by atoms with Crippen molar-refractivity contribution in [3.05, 3.63) is 52.9 Å². The fraction of sp³-hybridized carbons (Fsp3) is 0.0714. The van der Waals surface area contributed by atoms with Gasteiger partial charge in [-0.25, -0.2) is 0 Å². The van der Waals surface area contributed by atoms with E-state index in [-0.39, 0.29) is 5.91 Å². The van der Waals surface area contributed by atoms with Gasteiger partial charge in [-0.3, -0.25) is 9.20 Å². The van der Waals surface area contributed by atoms with E-state index in [9.17, 15) is 4.79 Å². The summed E-state index contributed by atoms with van der Waals surface area (Å²) in [6.45, 7) is 0. The number of halogens is 1. The van der Waals surface area contributed by atoms with Crippen molar-refractivity contribution >= 4 is 33.2 Å². The molecule has 6 nitrogen and oxygen atoms in total. The highest BCUT2D eigenvalue weighted by atomic mass is 79.9. The van der Waals surface area contributed by atoms with Crippen molar-refractivity contribution in [1.29, 1.82) is 0 Å². The second-order valence-electron chi connectivity index (χ2n) is 4.32. The quantitative estimate of drug-likeness (QED) is 0.791. The summed E-state index contributed by atoms with van der Waals surface area (Å²) in [6, 6.07) is 8.79. The zero-order valence-corrected chi connectivity index (χ0v) is 12.7. The topological polar surface area (TPSA) is 68.5 Å². The van der Waals surface area contributed by atoms with Crippen LogP contribution in [0.1, 0.15) is 10.4 Å². The number of carbonyl (C=O) groups excluding carboxylic acids is 1. The molecule has 0 fully saturated rings. The van der Waals surface area contributed by atoms with Gasteiger partial charge < -0.3 is 10.1 Å². The molecule has 3 rings (SSSR count). The number of pyridine rings is 1. The highest BCUT2D eigenvalue weighted by Crippen LogP contribution is 2.27. The molecule has 2 heterocycles. The number of fused-ring (bicyclic) bond motifs is 1. The predicted octanol–water partition coefficient (Wildman–Crippen LogP) is 2.75. The van der Waals surface area contributed by atoms with Crippen LogP contribution < -0.4 is 10.1 Å². The van der Waals surface area contributed by atoms with Crippen molar-refractivity contribution in [2.45, 2.75) is 0 Å². The Kier molecular flexibility index (Phi) is 3.57. The molecule has 1 aromatic carbocycles. The van der Waals surface area contributed by atoms with Crippen LogP contribution in [0.4, 0.5) is 5.69 Å². The van der Waals surface area contributed by atoms with Crippen molar-refractivity contribution in [2.24, 2.45) is 0 Å². The van der Waals surface area contributed by atoms with Gasteiger partial charge in [-0.05, 0) is 46.3 Å². The van der Waals surface area contributed by atoms with Gasteiger partial charge >= 0.3 is 0 Å². The van der Waals surface area contributed by atoms with Gasteiger partial charge in [0.25, 0.3) is 5.91 Å². The highest BCUT2D eigenvalue weighted by Gasteiger charge is 2.09. The van der Waals surface area contributed by atoms with Crippen LogP contribution in [-0.2, 0) is 0 Å². The summed E-state index contributed by atoms with van der Waals surface area (Å²) < 4.78 is 7.62. The van der Waals surface area contributed by atoms with Gasteiger partial charge in [-0.2, -0.15) is 0 Å². The van der Waals surface area contributed by atoms with Crippen LogP contribution in [0.5, 0.6) is 5.75 Å². The number of aromatic nitrogens is 3. The van der Waals surface area contributed by atoms with Crippen LogP contribution in [0.15, 0.2) is 47.3 Å². The Morgan fingerprint density at radius 2 is 2.19 bits per heavy atom. The third-order valence-corrected chi connectivity index (χ3v) is 3.58. The highest BCUT2D eigenvalue weighted by molar-refractivity contribution is 9.10. The normalized spacial score (nSPS) is 10.6. The number of anilines is 1. The van der Waals surface area contributed by atoms with E-state index in [1.165, 1.54) is 0 Å². The summed E-state index contributed by atoms with van der Waals surface area (Å²) in [5.74, 6) is 0.501. The molecule has 7 heteroatoms. The molecule has 0 saturated carbocycles. The molecule has 3 aromatic rings. The summed E-state index contributed by atoms with van der Waals surface area (Å²) in [7, 11) is 1.59. The number of hydrogen-bond acceptors (Lipinski definition) is 4. The first-order valence-corrected chi connectivity index (χ1v) is 6.91. The van der Waals surface area contributed by atoms with E-state index < -0.39 is 0 Å². The summed E-state index contributed by atoms with van der Waals surface area (Å²) >= 11 is 3.38. The minimum Gasteiger partial charge on any atom is -0.496 e. The second-order valence-corrected chi connectivity index (χ2v) is 5.17. The number of ether oxygens (including phenoxy) is 1. The number of nitrogens with one attached hydrogen (secondary N) is 1. The maximum absolute atomic E-state index is 12.2. The van der Waals surface area contributed by atoms with E-state index in [0.717, 1.165) is 4.47 Å². The standard InChI is InChI=1S/C14H11BrN4O2/c1-21-12-4-3-10(6-11(12)15)17-14(20)9-2-5-13-18-16-8-19(13)7-9/h2-8H,1H3,(H,17,20). The molecule has 1 amide bonds. The van der Waals surface area contributed by atoms with E-state index in [1.54, 1.807) is 54.4 Å². The van der Waals surface area contributed by atoms with Crippen molar-refractivity contribution < 1.29 is 9.53 Å². The lowest BCUT2D eigenvalue weighted by atomic mass is 10.2. The first-order valence-electron chi connectivity index (χ1n) is 6.11. The molecule has 106 valence electrons. The lowest BCUT2D eigenvalue weighted by molar-refractivity contribution is 0.102. The summed E-state index contributed by atoms with van der Waals surface area (Å²) in [5, 5.41) is 10.5. The molecule has 0 saturated heterocycles. The zero-order chi connectivity index (χ0) is 14.8. The van der Waals surface area contributed by atoms with Crippen LogP contribution in [0, 0.1) is 0 Å². The van der Waals surface area contributed by atoms with Gasteiger partial charge in [0.15, 0.2) is 5.65 Å². The Morgan fingerprint density at radius 3 is 2.95 bits per heavy atom. The Morgan fingerprint density at radius 1 is 1.33 bits per heavy atom. The van der Waals surface area contributed by atoms with Crippen molar-refractivity contribution in [3.8, 4) is 5.75 Å². The average Bonchev–Trinajstić information content (AvgIpc) is 2.94. The van der Waals surface area contributed by atoms with Crippen LogP contribution in [-0.4, -0.2) is 27.6 Å². The van der Waals surface area contributed by atoms with Crippen molar-refractivity contribution in [2.75, 3.05) is 12.4 Å². The molecule has 0 atom stereocenters. The van der Waals surface area contributed by atoms with E-state index >= 15 is 0 Å². The Balaban J connectivity index is 1.83. The molecule has 0 unspecified atom stereocenters. The molecule has 21 heavy (non-hydrogen) atoms. The van der Waals surface area contributed by atoms with Crippen LogP contribution in [0.2, 0.25) is 0 Å². The first kappa shape index (κ1) is 13.6. The third-order valence-electron chi connectivity index (χ3n) is 2.96. The van der Waals surface area contributed by atoms with E-state index in [2.05, 4.69) is 31.4 Å². The molecule has 0 radical (unpaired) electrons. The lowest BCUT2D eigenvalue weighted by Crippen LogP contribution is -2.12. The molecule has 0 bridgehead atoms. The first-order chi connectivity index (χ1) is 10.2. The van der Waals surface area contributed by atoms with Crippen molar-refractivity contribution in [1.82, 2.24) is 14.6 Å². The molecule has 0 aliphatic carbocycles. The molecule has 0 aliphatic heterocycles. The Hall–Kier alpha value is -2.41. The average molecular weight is 347 g/mol. The smallest absolute Gasteiger partial charge is 0.257 e. The van der Waals surface area contributed by atoms with E-state index in [0.29, 0.717) is 22.6 Å². The van der Waals surface area contributed by atoms with Crippen LogP contribution >= 0.6 is 15.9 Å². The third kappa shape index (κ3) is 2.73. The van der Waals surface area contributed by atoms with E-state index in [4.69, 9.17) is 4.74 Å². The molecule has 2 aromatic heterocycles. The molecule has 0 spiro atoms. The fourth-order valence-corrected chi connectivity index (χ4v) is 2.45. The van der Waals surface area contributed by atoms with Crippen molar-refractivity contribution in [3.63, 3.8) is 0 Å². The summed E-state index contributed by atoms with van der Waals surface area (Å²) in [5.41, 5.74) is 1.89. The van der Waals surface area contributed by atoms with Gasteiger partial charge in [-0.15, -0.1) is 10.2 Å².